The fraction of sp³-hybridized carbons (Fsp3) is 0.111. The van der Waals surface area contributed by atoms with Crippen LogP contribution in [0.4, 0.5) is 5.69 Å². The number of amides is 1. The van der Waals surface area contributed by atoms with Crippen molar-refractivity contribution in [3.05, 3.63) is 72.6 Å². The van der Waals surface area contributed by atoms with Gasteiger partial charge in [-0.25, -0.2) is 4.98 Å². The van der Waals surface area contributed by atoms with Gasteiger partial charge in [0.25, 0.3) is 0 Å². The number of imidazole rings is 1. The molecule has 1 amide bonds. The van der Waals surface area contributed by atoms with Gasteiger partial charge in [0, 0.05) is 5.69 Å². The molecule has 1 aromatic heterocycles. The maximum absolute atomic E-state index is 12.5. The number of hydrogen-bond acceptors (Lipinski definition) is 2. The summed E-state index contributed by atoms with van der Waals surface area (Å²) in [5.41, 5.74) is 4.71. The number of nitrogens with zero attached hydrogens (tertiary/aromatic N) is 2. The molecule has 1 aliphatic heterocycles. The van der Waals surface area contributed by atoms with Crippen LogP contribution in [0, 0.1) is 0 Å². The van der Waals surface area contributed by atoms with Crippen molar-refractivity contribution in [2.45, 2.75) is 12.5 Å². The normalized spacial score (nSPS) is 18.4. The van der Waals surface area contributed by atoms with Crippen LogP contribution in [0.15, 0.2) is 67.0 Å². The van der Waals surface area contributed by atoms with Gasteiger partial charge in [-0.15, -0.1) is 0 Å². The molecule has 3 aromatic rings. The molecule has 1 aliphatic rings. The quantitative estimate of drug-likeness (QED) is 0.733. The zero-order chi connectivity index (χ0) is 15.1. The average Bonchev–Trinajstić information content (AvgIpc) is 3.11. The monoisotopic (exact) mass is 289 g/mol. The van der Waals surface area contributed by atoms with Crippen molar-refractivity contribution in [3.63, 3.8) is 0 Å². The van der Waals surface area contributed by atoms with Crippen LogP contribution in [0.25, 0.3) is 11.0 Å². The predicted octanol–water partition coefficient (Wildman–Crippen LogP) is 3.60. The standard InChI is InChI=1S/C18H15N3O/c1-12-9-17(22)21(18(12)13-5-3-2-4-6-13)14-7-8-15-16(10-14)20-11-19-15/h2-8,10-11,18H,1,9H2,(H,19,20). The van der Waals surface area contributed by atoms with Crippen LogP contribution in [0.3, 0.4) is 0 Å². The van der Waals surface area contributed by atoms with Gasteiger partial charge in [0.1, 0.15) is 0 Å². The molecule has 0 bridgehead atoms. The first-order chi connectivity index (χ1) is 10.7. The minimum atomic E-state index is -0.103. The molecule has 2 aromatic carbocycles. The Morgan fingerprint density at radius 3 is 2.82 bits per heavy atom. The van der Waals surface area contributed by atoms with E-state index in [9.17, 15) is 4.79 Å². The first kappa shape index (κ1) is 12.8. The number of aromatic nitrogens is 2. The van der Waals surface area contributed by atoms with Crippen molar-refractivity contribution in [1.29, 1.82) is 0 Å². The number of aromatic amines is 1. The number of H-pyrrole nitrogens is 1. The molecular formula is C18H15N3O. The lowest BCUT2D eigenvalue weighted by Gasteiger charge is -2.25. The van der Waals surface area contributed by atoms with E-state index in [0.29, 0.717) is 6.42 Å². The third kappa shape index (κ3) is 1.92. The van der Waals surface area contributed by atoms with Gasteiger partial charge in [0.05, 0.1) is 29.8 Å². The van der Waals surface area contributed by atoms with Crippen LogP contribution in [0.5, 0.6) is 0 Å². The number of anilines is 1. The van der Waals surface area contributed by atoms with E-state index in [1.54, 1.807) is 6.33 Å². The summed E-state index contributed by atoms with van der Waals surface area (Å²) >= 11 is 0. The molecule has 1 atom stereocenters. The molecule has 22 heavy (non-hydrogen) atoms. The number of hydrogen-bond donors (Lipinski definition) is 1. The fourth-order valence-corrected chi connectivity index (χ4v) is 3.09. The summed E-state index contributed by atoms with van der Waals surface area (Å²) < 4.78 is 0. The summed E-state index contributed by atoms with van der Waals surface area (Å²) in [6.45, 7) is 4.11. The second-order valence-electron chi connectivity index (χ2n) is 5.52. The third-order valence-electron chi connectivity index (χ3n) is 4.09. The SMILES string of the molecule is C=C1CC(=O)N(c2ccc3nc[nH]c3c2)C1c1ccccc1. The van der Waals surface area contributed by atoms with Crippen molar-refractivity contribution in [2.24, 2.45) is 0 Å². The number of benzene rings is 2. The number of carbonyl (C=O) groups excluding carboxylic acids is 1. The first-order valence-electron chi connectivity index (χ1n) is 7.22. The molecule has 4 heteroatoms. The Morgan fingerprint density at radius 1 is 1.18 bits per heavy atom. The van der Waals surface area contributed by atoms with Crippen LogP contribution >= 0.6 is 0 Å². The van der Waals surface area contributed by atoms with Crippen molar-refractivity contribution in [2.75, 3.05) is 4.90 Å². The number of carbonyl (C=O) groups is 1. The largest absolute Gasteiger partial charge is 0.345 e. The van der Waals surface area contributed by atoms with Crippen LogP contribution in [0.1, 0.15) is 18.0 Å². The van der Waals surface area contributed by atoms with E-state index in [1.165, 1.54) is 0 Å². The van der Waals surface area contributed by atoms with Crippen molar-refractivity contribution < 1.29 is 4.79 Å². The molecule has 4 rings (SSSR count). The summed E-state index contributed by atoms with van der Waals surface area (Å²) in [4.78, 5) is 21.6. The van der Waals surface area contributed by atoms with E-state index in [4.69, 9.17) is 0 Å². The van der Waals surface area contributed by atoms with E-state index >= 15 is 0 Å². The summed E-state index contributed by atoms with van der Waals surface area (Å²) in [7, 11) is 0. The lowest BCUT2D eigenvalue weighted by atomic mass is 10.0. The minimum Gasteiger partial charge on any atom is -0.345 e. The second kappa shape index (κ2) is 4.84. The Kier molecular flexibility index (Phi) is 2.82. The van der Waals surface area contributed by atoms with E-state index in [1.807, 2.05) is 53.4 Å². The highest BCUT2D eigenvalue weighted by molar-refractivity contribution is 6.01. The molecule has 1 N–H and O–H groups in total. The molecule has 1 unspecified atom stereocenters. The Morgan fingerprint density at radius 2 is 2.00 bits per heavy atom. The zero-order valence-corrected chi connectivity index (χ0v) is 12.0. The van der Waals surface area contributed by atoms with Gasteiger partial charge in [-0.3, -0.25) is 4.79 Å². The maximum atomic E-state index is 12.5. The highest BCUT2D eigenvalue weighted by atomic mass is 16.2. The molecule has 1 fully saturated rings. The fourth-order valence-electron chi connectivity index (χ4n) is 3.09. The molecule has 0 saturated carbocycles. The zero-order valence-electron chi connectivity index (χ0n) is 12.0. The average molecular weight is 289 g/mol. The maximum Gasteiger partial charge on any atom is 0.231 e. The lowest BCUT2D eigenvalue weighted by molar-refractivity contribution is -0.117. The number of fused-ring (bicyclic) bond motifs is 1. The smallest absolute Gasteiger partial charge is 0.231 e. The summed E-state index contributed by atoms with van der Waals surface area (Å²) in [5.74, 6) is 0.0812. The van der Waals surface area contributed by atoms with Crippen molar-refractivity contribution in [1.82, 2.24) is 9.97 Å². The van der Waals surface area contributed by atoms with E-state index in [-0.39, 0.29) is 11.9 Å². The molecule has 2 heterocycles. The molecule has 0 radical (unpaired) electrons. The Balaban J connectivity index is 1.83. The molecular weight excluding hydrogens is 274 g/mol. The second-order valence-corrected chi connectivity index (χ2v) is 5.52. The molecule has 4 nitrogen and oxygen atoms in total. The van der Waals surface area contributed by atoms with Crippen LogP contribution < -0.4 is 4.90 Å². The van der Waals surface area contributed by atoms with E-state index in [2.05, 4.69) is 16.5 Å². The predicted molar refractivity (Wildman–Crippen MR) is 86.5 cm³/mol. The summed E-state index contributed by atoms with van der Waals surface area (Å²) in [6, 6.07) is 15.8. The Labute approximate surface area is 128 Å². The van der Waals surface area contributed by atoms with Crippen molar-refractivity contribution >= 4 is 22.6 Å². The van der Waals surface area contributed by atoms with E-state index < -0.39 is 0 Å². The molecule has 1 saturated heterocycles. The highest BCUT2D eigenvalue weighted by Gasteiger charge is 2.36. The number of rotatable bonds is 2. The lowest BCUT2D eigenvalue weighted by Crippen LogP contribution is -2.27. The van der Waals surface area contributed by atoms with Gasteiger partial charge in [0.2, 0.25) is 5.91 Å². The van der Waals surface area contributed by atoms with Crippen LogP contribution in [-0.2, 0) is 4.79 Å². The van der Waals surface area contributed by atoms with Gasteiger partial charge in [-0.05, 0) is 29.3 Å². The third-order valence-corrected chi connectivity index (χ3v) is 4.09. The molecule has 108 valence electrons. The van der Waals surface area contributed by atoms with Gasteiger partial charge in [-0.2, -0.15) is 0 Å². The molecule has 0 spiro atoms. The number of nitrogens with one attached hydrogen (secondary N) is 1. The van der Waals surface area contributed by atoms with Crippen LogP contribution in [-0.4, -0.2) is 15.9 Å². The highest BCUT2D eigenvalue weighted by Crippen LogP contribution is 2.40. The minimum absolute atomic E-state index is 0.0812. The first-order valence-corrected chi connectivity index (χ1v) is 7.22. The van der Waals surface area contributed by atoms with Gasteiger partial charge >= 0.3 is 0 Å². The Hall–Kier alpha value is -2.88. The molecule has 0 aliphatic carbocycles. The van der Waals surface area contributed by atoms with Crippen molar-refractivity contribution in [3.8, 4) is 0 Å². The summed E-state index contributed by atoms with van der Waals surface area (Å²) in [6.07, 6.45) is 2.05. The van der Waals surface area contributed by atoms with E-state index in [0.717, 1.165) is 27.9 Å². The van der Waals surface area contributed by atoms with Gasteiger partial charge in [-0.1, -0.05) is 36.9 Å². The van der Waals surface area contributed by atoms with Gasteiger partial charge in [0.15, 0.2) is 0 Å². The Bertz CT molecular complexity index is 866. The van der Waals surface area contributed by atoms with Crippen LogP contribution in [0.2, 0.25) is 0 Å². The van der Waals surface area contributed by atoms with Gasteiger partial charge < -0.3 is 9.88 Å². The topological polar surface area (TPSA) is 49.0 Å². The summed E-state index contributed by atoms with van der Waals surface area (Å²) in [5, 5.41) is 0.